The molecule has 0 aliphatic heterocycles. The number of guanidine groups is 1. The maximum atomic E-state index is 5.34. The second kappa shape index (κ2) is 12.8. The van der Waals surface area contributed by atoms with Gasteiger partial charge in [0.25, 0.3) is 0 Å². The van der Waals surface area contributed by atoms with Crippen LogP contribution in [-0.4, -0.2) is 38.8 Å². The van der Waals surface area contributed by atoms with Crippen LogP contribution in [0, 0.1) is 6.92 Å². The molecule has 6 nitrogen and oxygen atoms in total. The van der Waals surface area contributed by atoms with Crippen LogP contribution in [0.25, 0.3) is 0 Å². The van der Waals surface area contributed by atoms with Crippen molar-refractivity contribution in [2.45, 2.75) is 32.7 Å². The molecule has 0 atom stereocenters. The number of nitrogens with zero attached hydrogens (tertiary/aromatic N) is 2. The van der Waals surface area contributed by atoms with Gasteiger partial charge in [0.15, 0.2) is 17.5 Å². The van der Waals surface area contributed by atoms with Crippen molar-refractivity contribution >= 4 is 41.3 Å². The summed E-state index contributed by atoms with van der Waals surface area (Å²) in [5.41, 5.74) is 2.22. The molecule has 0 amide bonds. The van der Waals surface area contributed by atoms with Gasteiger partial charge in [-0.15, -0.1) is 35.3 Å². The molecular weight excluding hydrogens is 475 g/mol. The Hall–Kier alpha value is -1.55. The normalized spacial score (nSPS) is 10.9. The van der Waals surface area contributed by atoms with Crippen molar-refractivity contribution in [3.8, 4) is 11.5 Å². The molecule has 150 valence electrons. The van der Waals surface area contributed by atoms with Crippen LogP contribution in [0.4, 0.5) is 0 Å². The summed E-state index contributed by atoms with van der Waals surface area (Å²) in [6.07, 6.45) is 3.24. The summed E-state index contributed by atoms with van der Waals surface area (Å²) in [5, 5.41) is 9.99. The Bertz CT molecular complexity index is 721. The standard InChI is InChI=1S/C19H28N4O2S.HI/c1-14-13-26-18(23-14)7-5-6-10-21-19(20-2)22-12-15-8-9-16(24-3)17(11-15)25-4;/h8-9,11,13H,5-7,10,12H2,1-4H3,(H2,20,21,22);1H. The van der Waals surface area contributed by atoms with Gasteiger partial charge in [-0.05, 0) is 43.9 Å². The van der Waals surface area contributed by atoms with Gasteiger partial charge in [0.2, 0.25) is 0 Å². The zero-order valence-electron chi connectivity index (χ0n) is 16.4. The summed E-state index contributed by atoms with van der Waals surface area (Å²) in [6.45, 7) is 3.59. The number of hydrogen-bond acceptors (Lipinski definition) is 5. The maximum Gasteiger partial charge on any atom is 0.191 e. The first-order valence-electron chi connectivity index (χ1n) is 8.72. The number of aryl methyl sites for hydroxylation is 2. The predicted octanol–water partition coefficient (Wildman–Crippen LogP) is 3.77. The minimum absolute atomic E-state index is 0. The molecule has 1 aromatic carbocycles. The SMILES string of the molecule is CN=C(NCCCCc1nc(C)cs1)NCc1ccc(OC)c(OC)c1.I. The number of methoxy groups -OCH3 is 2. The number of rotatable bonds is 9. The first kappa shape index (κ1) is 23.5. The van der Waals surface area contributed by atoms with Gasteiger partial charge >= 0.3 is 0 Å². The third-order valence-corrected chi connectivity index (χ3v) is 4.93. The molecule has 0 spiro atoms. The monoisotopic (exact) mass is 504 g/mol. The minimum Gasteiger partial charge on any atom is -0.493 e. The topological polar surface area (TPSA) is 67.8 Å². The zero-order chi connectivity index (χ0) is 18.8. The first-order valence-corrected chi connectivity index (χ1v) is 9.60. The smallest absolute Gasteiger partial charge is 0.191 e. The molecule has 0 saturated heterocycles. The third kappa shape index (κ3) is 7.92. The number of thiazole rings is 1. The number of ether oxygens (including phenoxy) is 2. The highest BCUT2D eigenvalue weighted by Gasteiger charge is 2.05. The van der Waals surface area contributed by atoms with Gasteiger partial charge in [-0.25, -0.2) is 4.98 Å². The summed E-state index contributed by atoms with van der Waals surface area (Å²) in [7, 11) is 5.06. The minimum atomic E-state index is 0. The van der Waals surface area contributed by atoms with Crippen molar-refractivity contribution < 1.29 is 9.47 Å². The van der Waals surface area contributed by atoms with Gasteiger partial charge in [-0.1, -0.05) is 6.07 Å². The summed E-state index contributed by atoms with van der Waals surface area (Å²) < 4.78 is 10.6. The first-order chi connectivity index (χ1) is 12.7. The lowest BCUT2D eigenvalue weighted by Crippen LogP contribution is -2.37. The van der Waals surface area contributed by atoms with Crippen LogP contribution >= 0.6 is 35.3 Å². The van der Waals surface area contributed by atoms with E-state index >= 15 is 0 Å². The van der Waals surface area contributed by atoms with E-state index in [0.717, 1.165) is 54.5 Å². The Morgan fingerprint density at radius 2 is 1.93 bits per heavy atom. The van der Waals surface area contributed by atoms with Crippen molar-refractivity contribution in [1.29, 1.82) is 0 Å². The van der Waals surface area contributed by atoms with Gasteiger partial charge < -0.3 is 20.1 Å². The lowest BCUT2D eigenvalue weighted by atomic mass is 10.2. The second-order valence-corrected chi connectivity index (χ2v) is 6.82. The van der Waals surface area contributed by atoms with E-state index in [9.17, 15) is 0 Å². The van der Waals surface area contributed by atoms with Crippen molar-refractivity contribution in [2.75, 3.05) is 27.8 Å². The molecule has 0 unspecified atom stereocenters. The average molecular weight is 504 g/mol. The van der Waals surface area contributed by atoms with E-state index in [1.54, 1.807) is 32.6 Å². The lowest BCUT2D eigenvalue weighted by molar-refractivity contribution is 0.354. The Balaban J connectivity index is 0.00000364. The molecule has 1 aromatic heterocycles. The summed E-state index contributed by atoms with van der Waals surface area (Å²) in [4.78, 5) is 8.76. The second-order valence-electron chi connectivity index (χ2n) is 5.88. The zero-order valence-corrected chi connectivity index (χ0v) is 19.5. The molecular formula is C19H29IN4O2S. The molecule has 2 rings (SSSR count). The van der Waals surface area contributed by atoms with Crippen molar-refractivity contribution in [3.63, 3.8) is 0 Å². The number of aromatic nitrogens is 1. The molecule has 0 bridgehead atoms. The Kier molecular flexibility index (Phi) is 11.1. The van der Waals surface area contributed by atoms with Crippen LogP contribution < -0.4 is 20.1 Å². The molecule has 8 heteroatoms. The summed E-state index contributed by atoms with van der Waals surface area (Å²) >= 11 is 1.74. The van der Waals surface area contributed by atoms with E-state index in [-0.39, 0.29) is 24.0 Å². The van der Waals surface area contributed by atoms with E-state index in [4.69, 9.17) is 9.47 Å². The van der Waals surface area contributed by atoms with Gasteiger partial charge in [0, 0.05) is 31.2 Å². The van der Waals surface area contributed by atoms with Crippen LogP contribution in [0.2, 0.25) is 0 Å². The van der Waals surface area contributed by atoms with Gasteiger partial charge in [-0.3, -0.25) is 4.99 Å². The van der Waals surface area contributed by atoms with Gasteiger partial charge in [0.1, 0.15) is 0 Å². The molecule has 0 saturated carbocycles. The van der Waals surface area contributed by atoms with Gasteiger partial charge in [-0.2, -0.15) is 0 Å². The van der Waals surface area contributed by atoms with Crippen LogP contribution in [-0.2, 0) is 13.0 Å². The summed E-state index contributed by atoms with van der Waals surface area (Å²) in [6, 6.07) is 5.89. The fourth-order valence-corrected chi connectivity index (χ4v) is 3.34. The number of unbranched alkanes of at least 4 members (excludes halogenated alkanes) is 1. The maximum absolute atomic E-state index is 5.34. The largest absolute Gasteiger partial charge is 0.493 e. The molecule has 0 radical (unpaired) electrons. The van der Waals surface area contributed by atoms with E-state index in [1.807, 2.05) is 25.1 Å². The highest BCUT2D eigenvalue weighted by atomic mass is 127. The van der Waals surface area contributed by atoms with E-state index in [0.29, 0.717) is 6.54 Å². The highest BCUT2D eigenvalue weighted by molar-refractivity contribution is 14.0. The average Bonchev–Trinajstić information content (AvgIpc) is 3.08. The number of aliphatic imine (C=N–C) groups is 1. The number of hydrogen-bond donors (Lipinski definition) is 2. The van der Waals surface area contributed by atoms with E-state index < -0.39 is 0 Å². The van der Waals surface area contributed by atoms with Crippen LogP contribution in [0.1, 0.15) is 29.1 Å². The molecule has 27 heavy (non-hydrogen) atoms. The van der Waals surface area contributed by atoms with Crippen molar-refractivity contribution in [2.24, 2.45) is 4.99 Å². The van der Waals surface area contributed by atoms with Crippen LogP contribution in [0.3, 0.4) is 0 Å². The van der Waals surface area contributed by atoms with Crippen molar-refractivity contribution in [1.82, 2.24) is 15.6 Å². The number of nitrogens with one attached hydrogen (secondary N) is 2. The fourth-order valence-electron chi connectivity index (χ4n) is 2.52. The predicted molar refractivity (Wildman–Crippen MR) is 123 cm³/mol. The molecule has 0 aliphatic carbocycles. The Morgan fingerprint density at radius 3 is 2.56 bits per heavy atom. The molecule has 0 aliphatic rings. The Labute approximate surface area is 182 Å². The highest BCUT2D eigenvalue weighted by Crippen LogP contribution is 2.27. The lowest BCUT2D eigenvalue weighted by Gasteiger charge is -2.13. The van der Waals surface area contributed by atoms with Crippen LogP contribution in [0.5, 0.6) is 11.5 Å². The van der Waals surface area contributed by atoms with E-state index in [1.165, 1.54) is 5.01 Å². The third-order valence-electron chi connectivity index (χ3n) is 3.91. The Morgan fingerprint density at radius 1 is 1.15 bits per heavy atom. The fraction of sp³-hybridized carbons (Fsp3) is 0.474. The quantitative estimate of drug-likeness (QED) is 0.236. The van der Waals surface area contributed by atoms with Crippen LogP contribution in [0.15, 0.2) is 28.6 Å². The van der Waals surface area contributed by atoms with E-state index in [2.05, 4.69) is 26.0 Å². The van der Waals surface area contributed by atoms with Gasteiger partial charge in [0.05, 0.1) is 19.2 Å². The molecule has 1 heterocycles. The molecule has 2 N–H and O–H groups in total. The molecule has 2 aromatic rings. The number of halogens is 1. The summed E-state index contributed by atoms with van der Waals surface area (Å²) in [5.74, 6) is 2.26. The van der Waals surface area contributed by atoms with Crippen molar-refractivity contribution in [3.05, 3.63) is 39.8 Å². The molecule has 0 fully saturated rings. The number of benzene rings is 1.